The van der Waals surface area contributed by atoms with Crippen LogP contribution in [0.2, 0.25) is 0 Å². The number of hydrogen-bond acceptors (Lipinski definition) is 1. The van der Waals surface area contributed by atoms with Gasteiger partial charge in [0.25, 0.3) is 0 Å². The monoisotopic (exact) mass is 227 g/mol. The van der Waals surface area contributed by atoms with E-state index in [1.165, 1.54) is 0 Å². The molecular weight excluding hydrogens is 210 g/mol. The molecule has 2 nitrogen and oxygen atoms in total. The molecule has 0 aromatic heterocycles. The van der Waals surface area contributed by atoms with Crippen LogP contribution < -0.4 is 5.32 Å². The van der Waals surface area contributed by atoms with E-state index in [0.717, 1.165) is 30.5 Å². The van der Waals surface area contributed by atoms with Crippen LogP contribution in [-0.2, 0) is 4.79 Å². The summed E-state index contributed by atoms with van der Waals surface area (Å²) in [6.07, 6.45) is 8.64. The molecule has 0 saturated heterocycles. The zero-order valence-electron chi connectivity index (χ0n) is 10.1. The van der Waals surface area contributed by atoms with Crippen molar-refractivity contribution in [3.63, 3.8) is 0 Å². The minimum atomic E-state index is 0.129. The third-order valence-electron chi connectivity index (χ3n) is 3.50. The van der Waals surface area contributed by atoms with Crippen LogP contribution in [0.4, 0.5) is 5.69 Å². The molecule has 1 N–H and O–H groups in total. The van der Waals surface area contributed by atoms with Crippen molar-refractivity contribution in [2.75, 3.05) is 5.32 Å². The van der Waals surface area contributed by atoms with Gasteiger partial charge in [-0.05, 0) is 37.0 Å². The summed E-state index contributed by atoms with van der Waals surface area (Å²) in [5.74, 6) is 3.34. The van der Waals surface area contributed by atoms with Crippen LogP contribution in [0.25, 0.3) is 0 Å². The topological polar surface area (TPSA) is 29.1 Å². The molecule has 1 aliphatic rings. The van der Waals surface area contributed by atoms with Crippen LogP contribution in [0.3, 0.4) is 0 Å². The number of rotatable bonds is 2. The molecule has 1 fully saturated rings. The van der Waals surface area contributed by atoms with Crippen molar-refractivity contribution in [2.24, 2.45) is 11.8 Å². The molecule has 0 radical (unpaired) electrons. The number of hydrogen-bond donors (Lipinski definition) is 1. The van der Waals surface area contributed by atoms with Gasteiger partial charge in [-0.25, -0.2) is 0 Å². The minimum Gasteiger partial charge on any atom is -0.326 e. The smallest absolute Gasteiger partial charge is 0.227 e. The summed E-state index contributed by atoms with van der Waals surface area (Å²) in [7, 11) is 0. The van der Waals surface area contributed by atoms with Gasteiger partial charge in [0.05, 0.1) is 0 Å². The van der Waals surface area contributed by atoms with Gasteiger partial charge in [-0.1, -0.05) is 25.3 Å². The standard InChI is InChI=1S/C15H17NO/c1-3-12-7-5-8-13(10-12)16-15(17)14-9-4-6-11(14)2/h1,5,7-8,10-11,14H,4,6,9H2,2H3,(H,16,17). The highest BCUT2D eigenvalue weighted by Crippen LogP contribution is 2.32. The van der Waals surface area contributed by atoms with Gasteiger partial charge in [-0.3, -0.25) is 4.79 Å². The molecule has 1 aliphatic carbocycles. The Morgan fingerprint density at radius 1 is 1.47 bits per heavy atom. The van der Waals surface area contributed by atoms with Crippen molar-refractivity contribution >= 4 is 11.6 Å². The Hall–Kier alpha value is -1.75. The van der Waals surface area contributed by atoms with Crippen molar-refractivity contribution in [3.05, 3.63) is 29.8 Å². The molecular formula is C15H17NO. The summed E-state index contributed by atoms with van der Waals surface area (Å²) in [4.78, 5) is 12.1. The highest BCUT2D eigenvalue weighted by atomic mass is 16.1. The Morgan fingerprint density at radius 3 is 2.94 bits per heavy atom. The summed E-state index contributed by atoms with van der Waals surface area (Å²) in [6, 6.07) is 7.42. The number of nitrogens with one attached hydrogen (secondary N) is 1. The van der Waals surface area contributed by atoms with Crippen molar-refractivity contribution < 1.29 is 4.79 Å². The van der Waals surface area contributed by atoms with E-state index >= 15 is 0 Å². The number of amides is 1. The molecule has 2 heteroatoms. The SMILES string of the molecule is C#Cc1cccc(NC(=O)C2CCCC2C)c1. The van der Waals surface area contributed by atoms with Gasteiger partial charge >= 0.3 is 0 Å². The second-order valence-corrected chi connectivity index (χ2v) is 4.73. The zero-order valence-corrected chi connectivity index (χ0v) is 10.1. The number of carbonyl (C=O) groups excluding carboxylic acids is 1. The molecule has 0 bridgehead atoms. The molecule has 1 amide bonds. The molecule has 2 unspecified atom stereocenters. The zero-order chi connectivity index (χ0) is 12.3. The van der Waals surface area contributed by atoms with Crippen molar-refractivity contribution in [2.45, 2.75) is 26.2 Å². The first-order valence-electron chi connectivity index (χ1n) is 6.08. The third-order valence-corrected chi connectivity index (χ3v) is 3.50. The van der Waals surface area contributed by atoms with E-state index in [1.807, 2.05) is 24.3 Å². The number of anilines is 1. The fourth-order valence-corrected chi connectivity index (χ4v) is 2.46. The molecule has 0 heterocycles. The van der Waals surface area contributed by atoms with Crippen LogP contribution >= 0.6 is 0 Å². The summed E-state index contributed by atoms with van der Waals surface area (Å²) >= 11 is 0. The van der Waals surface area contributed by atoms with Gasteiger partial charge in [-0.2, -0.15) is 0 Å². The molecule has 2 rings (SSSR count). The van der Waals surface area contributed by atoms with E-state index in [-0.39, 0.29) is 11.8 Å². The molecule has 1 saturated carbocycles. The second kappa shape index (κ2) is 5.05. The highest BCUT2D eigenvalue weighted by molar-refractivity contribution is 5.93. The quantitative estimate of drug-likeness (QED) is 0.773. The second-order valence-electron chi connectivity index (χ2n) is 4.73. The molecule has 0 spiro atoms. The maximum Gasteiger partial charge on any atom is 0.227 e. The van der Waals surface area contributed by atoms with Crippen molar-refractivity contribution in [1.29, 1.82) is 0 Å². The largest absolute Gasteiger partial charge is 0.326 e. The Bertz CT molecular complexity index is 458. The van der Waals surface area contributed by atoms with Crippen molar-refractivity contribution in [3.8, 4) is 12.3 Å². The highest BCUT2D eigenvalue weighted by Gasteiger charge is 2.29. The number of terminal acetylenes is 1. The number of carbonyl (C=O) groups is 1. The van der Waals surface area contributed by atoms with Crippen LogP contribution in [-0.4, -0.2) is 5.91 Å². The lowest BCUT2D eigenvalue weighted by Crippen LogP contribution is -2.24. The summed E-state index contributed by atoms with van der Waals surface area (Å²) in [5.41, 5.74) is 1.59. The fraction of sp³-hybridized carbons (Fsp3) is 0.400. The normalized spacial score (nSPS) is 23.1. The van der Waals surface area contributed by atoms with Gasteiger partial charge in [0.1, 0.15) is 0 Å². The van der Waals surface area contributed by atoms with E-state index in [1.54, 1.807) is 0 Å². The maximum absolute atomic E-state index is 12.1. The average molecular weight is 227 g/mol. The lowest BCUT2D eigenvalue weighted by Gasteiger charge is -2.15. The Labute approximate surface area is 102 Å². The fourth-order valence-electron chi connectivity index (χ4n) is 2.46. The lowest BCUT2D eigenvalue weighted by molar-refractivity contribution is -0.120. The molecule has 0 aliphatic heterocycles. The van der Waals surface area contributed by atoms with E-state index < -0.39 is 0 Å². The lowest BCUT2D eigenvalue weighted by atomic mass is 9.97. The van der Waals surface area contributed by atoms with Gasteiger partial charge in [0, 0.05) is 17.2 Å². The predicted octanol–water partition coefficient (Wildman–Crippen LogP) is 3.04. The molecule has 88 valence electrons. The van der Waals surface area contributed by atoms with E-state index in [0.29, 0.717) is 5.92 Å². The van der Waals surface area contributed by atoms with E-state index in [2.05, 4.69) is 18.2 Å². The van der Waals surface area contributed by atoms with Crippen molar-refractivity contribution in [1.82, 2.24) is 0 Å². The van der Waals surface area contributed by atoms with Gasteiger partial charge < -0.3 is 5.32 Å². The Balaban J connectivity index is 2.05. The minimum absolute atomic E-state index is 0.129. The first kappa shape index (κ1) is 11.7. The Kier molecular flexibility index (Phi) is 3.49. The molecule has 17 heavy (non-hydrogen) atoms. The van der Waals surface area contributed by atoms with Gasteiger partial charge in [0.2, 0.25) is 5.91 Å². The van der Waals surface area contributed by atoms with Gasteiger partial charge in [-0.15, -0.1) is 6.42 Å². The molecule has 1 aromatic carbocycles. The van der Waals surface area contributed by atoms with Crippen LogP contribution in [0.5, 0.6) is 0 Å². The third kappa shape index (κ3) is 2.68. The summed E-state index contributed by atoms with van der Waals surface area (Å²) in [6.45, 7) is 2.15. The maximum atomic E-state index is 12.1. The number of benzene rings is 1. The van der Waals surface area contributed by atoms with Gasteiger partial charge in [0.15, 0.2) is 0 Å². The van der Waals surface area contributed by atoms with E-state index in [9.17, 15) is 4.79 Å². The first-order chi connectivity index (χ1) is 8.20. The first-order valence-corrected chi connectivity index (χ1v) is 6.08. The summed E-state index contributed by atoms with van der Waals surface area (Å²) < 4.78 is 0. The average Bonchev–Trinajstić information content (AvgIpc) is 2.76. The Morgan fingerprint density at radius 2 is 2.29 bits per heavy atom. The van der Waals surface area contributed by atoms with E-state index in [4.69, 9.17) is 6.42 Å². The molecule has 1 aromatic rings. The van der Waals surface area contributed by atoms with Crippen LogP contribution in [0.1, 0.15) is 31.7 Å². The summed E-state index contributed by atoms with van der Waals surface area (Å²) in [5, 5.41) is 2.95. The predicted molar refractivity (Wildman–Crippen MR) is 69.5 cm³/mol. The van der Waals surface area contributed by atoms with Crippen LogP contribution in [0.15, 0.2) is 24.3 Å². The molecule has 2 atom stereocenters. The van der Waals surface area contributed by atoms with Crippen LogP contribution in [0, 0.1) is 24.2 Å².